The summed E-state index contributed by atoms with van der Waals surface area (Å²) in [7, 11) is 0. The van der Waals surface area contributed by atoms with Crippen LogP contribution in [0.5, 0.6) is 0 Å². The highest BCUT2D eigenvalue weighted by Crippen LogP contribution is 2.41. The molecule has 4 nitrogen and oxygen atoms in total. The van der Waals surface area contributed by atoms with Crippen LogP contribution in [-0.4, -0.2) is 9.13 Å². The second kappa shape index (κ2) is 14.7. The van der Waals surface area contributed by atoms with E-state index in [1.165, 1.54) is 60.3 Å². The van der Waals surface area contributed by atoms with Gasteiger partial charge in [0.15, 0.2) is 0 Å². The lowest BCUT2D eigenvalue weighted by Crippen LogP contribution is -2.15. The van der Waals surface area contributed by atoms with E-state index in [1.807, 2.05) is 0 Å². The third-order valence-electron chi connectivity index (χ3n) is 12.2. The third kappa shape index (κ3) is 6.16. The smallest absolute Gasteiger partial charge is 0.0585 e. The molecule has 0 bridgehead atoms. The molecular formula is C56H44N4. The lowest BCUT2D eigenvalue weighted by Gasteiger charge is -2.26. The molecule has 1 N–H and O–H groups in total. The molecule has 10 aromatic rings. The monoisotopic (exact) mass is 772 g/mol. The molecule has 60 heavy (non-hydrogen) atoms. The summed E-state index contributed by atoms with van der Waals surface area (Å²) in [6.07, 6.45) is 8.96. The number of anilines is 5. The van der Waals surface area contributed by atoms with E-state index < -0.39 is 0 Å². The van der Waals surface area contributed by atoms with Crippen LogP contribution in [0.3, 0.4) is 0 Å². The van der Waals surface area contributed by atoms with Gasteiger partial charge in [-0.25, -0.2) is 0 Å². The van der Waals surface area contributed by atoms with Crippen LogP contribution in [-0.2, 0) is 0 Å². The Balaban J connectivity index is 0.896. The normalized spacial score (nSPS) is 15.0. The Bertz CT molecular complexity index is 3240. The minimum absolute atomic E-state index is 0.285. The van der Waals surface area contributed by atoms with Gasteiger partial charge in [0.1, 0.15) is 0 Å². The number of para-hydroxylation sites is 3. The Morgan fingerprint density at radius 1 is 0.450 bits per heavy atom. The molecule has 1 aliphatic rings. The summed E-state index contributed by atoms with van der Waals surface area (Å²) < 4.78 is 4.87. The standard InChI is InChI=1S/C56H44N4/c1-38-20-29-45(30-21-38)58(47-33-35-55-51(37-47)49-16-7-10-18-53(49)59(55)44-13-4-3-5-14-44)46-31-24-41(25-32-46)40-22-26-42(27-23-40)57-43-28-34-56-50(36-43)48-15-8-11-19-54(48)60(56)52-17-9-6-12-39(52)2/h3-37,39,52,57H,1-2H3. The Labute approximate surface area is 350 Å². The van der Waals surface area contributed by atoms with Crippen LogP contribution in [0.1, 0.15) is 18.5 Å². The zero-order chi connectivity index (χ0) is 40.2. The maximum atomic E-state index is 3.69. The number of aromatic nitrogens is 2. The molecule has 1 aliphatic carbocycles. The van der Waals surface area contributed by atoms with Gasteiger partial charge < -0.3 is 19.4 Å². The lowest BCUT2D eigenvalue weighted by molar-refractivity contribution is 0.510. The second-order valence-corrected chi connectivity index (χ2v) is 16.0. The molecule has 2 unspecified atom stereocenters. The van der Waals surface area contributed by atoms with Crippen LogP contribution in [0.4, 0.5) is 28.4 Å². The number of rotatable bonds is 8. The van der Waals surface area contributed by atoms with Gasteiger partial charge in [0.05, 0.1) is 17.1 Å². The first-order valence-electron chi connectivity index (χ1n) is 20.9. The second-order valence-electron chi connectivity index (χ2n) is 16.0. The van der Waals surface area contributed by atoms with E-state index in [4.69, 9.17) is 0 Å². The quantitative estimate of drug-likeness (QED) is 0.166. The molecule has 2 atom stereocenters. The molecule has 0 amide bonds. The molecule has 288 valence electrons. The van der Waals surface area contributed by atoms with Gasteiger partial charge in [0.25, 0.3) is 0 Å². The largest absolute Gasteiger partial charge is 0.356 e. The molecule has 0 radical (unpaired) electrons. The molecule has 0 saturated heterocycles. The molecule has 0 aliphatic heterocycles. The number of fused-ring (bicyclic) bond motifs is 6. The predicted octanol–water partition coefficient (Wildman–Crippen LogP) is 15.4. The Hall–Kier alpha value is -7.56. The number of hydrogen-bond donors (Lipinski definition) is 1. The van der Waals surface area contributed by atoms with Gasteiger partial charge in [-0.1, -0.05) is 128 Å². The zero-order valence-corrected chi connectivity index (χ0v) is 33.7. The molecule has 0 fully saturated rings. The van der Waals surface area contributed by atoms with Crippen molar-refractivity contribution in [2.45, 2.75) is 19.9 Å². The first-order valence-corrected chi connectivity index (χ1v) is 20.9. The van der Waals surface area contributed by atoms with Crippen LogP contribution in [0.25, 0.3) is 60.4 Å². The number of allylic oxidation sites excluding steroid dienone is 4. The molecule has 4 heteroatoms. The number of benzene rings is 8. The van der Waals surface area contributed by atoms with E-state index in [0.29, 0.717) is 5.92 Å². The van der Waals surface area contributed by atoms with Gasteiger partial charge in [-0.05, 0) is 121 Å². The molecule has 8 aromatic carbocycles. The maximum absolute atomic E-state index is 3.69. The van der Waals surface area contributed by atoms with Gasteiger partial charge in [-0.2, -0.15) is 0 Å². The summed E-state index contributed by atoms with van der Waals surface area (Å²) >= 11 is 0. The highest BCUT2D eigenvalue weighted by molar-refractivity contribution is 6.11. The average Bonchev–Trinajstić information content (AvgIpc) is 3.80. The van der Waals surface area contributed by atoms with E-state index >= 15 is 0 Å². The molecular weight excluding hydrogens is 729 g/mol. The van der Waals surface area contributed by atoms with E-state index in [9.17, 15) is 0 Å². The van der Waals surface area contributed by atoms with Crippen molar-refractivity contribution in [3.05, 3.63) is 218 Å². The highest BCUT2D eigenvalue weighted by atomic mass is 15.1. The van der Waals surface area contributed by atoms with Gasteiger partial charge in [-0.15, -0.1) is 0 Å². The Kier molecular flexibility index (Phi) is 8.70. The van der Waals surface area contributed by atoms with Crippen molar-refractivity contribution in [3.8, 4) is 16.8 Å². The molecule has 0 spiro atoms. The van der Waals surface area contributed by atoms with Crippen molar-refractivity contribution < 1.29 is 0 Å². The summed E-state index contributed by atoms with van der Waals surface area (Å²) in [6, 6.07) is 68.6. The van der Waals surface area contributed by atoms with Crippen LogP contribution in [0, 0.1) is 12.8 Å². The van der Waals surface area contributed by atoms with Crippen LogP contribution in [0.15, 0.2) is 212 Å². The minimum Gasteiger partial charge on any atom is -0.356 e. The molecule has 2 heterocycles. The van der Waals surface area contributed by atoms with Crippen LogP contribution < -0.4 is 10.2 Å². The van der Waals surface area contributed by atoms with Crippen molar-refractivity contribution in [3.63, 3.8) is 0 Å². The predicted molar refractivity (Wildman–Crippen MR) is 255 cm³/mol. The number of aryl methyl sites for hydroxylation is 1. The molecule has 0 saturated carbocycles. The topological polar surface area (TPSA) is 25.1 Å². The Morgan fingerprint density at radius 3 is 1.72 bits per heavy atom. The fraction of sp³-hybridized carbons (Fsp3) is 0.0714. The summed E-state index contributed by atoms with van der Waals surface area (Å²) in [5, 5.41) is 8.70. The fourth-order valence-electron chi connectivity index (χ4n) is 9.24. The summed E-state index contributed by atoms with van der Waals surface area (Å²) in [6.45, 7) is 4.44. The molecule has 2 aromatic heterocycles. The summed E-state index contributed by atoms with van der Waals surface area (Å²) in [4.78, 5) is 2.36. The van der Waals surface area contributed by atoms with Crippen molar-refractivity contribution in [2.24, 2.45) is 5.92 Å². The number of hydrogen-bond acceptors (Lipinski definition) is 2. The maximum Gasteiger partial charge on any atom is 0.0585 e. The minimum atomic E-state index is 0.285. The summed E-state index contributed by atoms with van der Waals surface area (Å²) in [5.41, 5.74) is 15.1. The highest BCUT2D eigenvalue weighted by Gasteiger charge is 2.22. The van der Waals surface area contributed by atoms with Crippen LogP contribution in [0.2, 0.25) is 0 Å². The third-order valence-corrected chi connectivity index (χ3v) is 12.2. The Morgan fingerprint density at radius 2 is 0.983 bits per heavy atom. The first-order chi connectivity index (χ1) is 29.6. The van der Waals surface area contributed by atoms with Gasteiger partial charge >= 0.3 is 0 Å². The van der Waals surface area contributed by atoms with Gasteiger partial charge in [0.2, 0.25) is 0 Å². The van der Waals surface area contributed by atoms with Crippen molar-refractivity contribution in [2.75, 3.05) is 10.2 Å². The van der Waals surface area contributed by atoms with E-state index in [2.05, 4.69) is 246 Å². The zero-order valence-electron chi connectivity index (χ0n) is 33.7. The van der Waals surface area contributed by atoms with Crippen molar-refractivity contribution in [1.82, 2.24) is 9.13 Å². The van der Waals surface area contributed by atoms with E-state index in [1.54, 1.807) is 0 Å². The average molecular weight is 773 g/mol. The number of nitrogens with one attached hydrogen (secondary N) is 1. The van der Waals surface area contributed by atoms with Crippen molar-refractivity contribution >= 4 is 72.0 Å². The fourth-order valence-corrected chi connectivity index (χ4v) is 9.24. The lowest BCUT2D eigenvalue weighted by atomic mass is 9.96. The van der Waals surface area contributed by atoms with Gasteiger partial charge in [0, 0.05) is 66.7 Å². The van der Waals surface area contributed by atoms with Crippen molar-refractivity contribution in [1.29, 1.82) is 0 Å². The summed E-state index contributed by atoms with van der Waals surface area (Å²) in [5.74, 6) is 0.421. The van der Waals surface area contributed by atoms with Crippen LogP contribution >= 0.6 is 0 Å². The molecule has 11 rings (SSSR count). The van der Waals surface area contributed by atoms with E-state index in [0.717, 1.165) is 34.1 Å². The first kappa shape index (κ1) is 35.6. The SMILES string of the molecule is Cc1ccc(N(c2ccc(-c3ccc(Nc4ccc5c(c4)c4ccccc4n5C4C=CC=CC4C)cc3)cc2)c2ccc3c(c2)c2ccccc2n3-c2ccccc2)cc1. The number of nitrogens with zero attached hydrogens (tertiary/aromatic N) is 3. The van der Waals surface area contributed by atoms with E-state index in [-0.39, 0.29) is 6.04 Å². The van der Waals surface area contributed by atoms with Gasteiger partial charge in [-0.3, -0.25) is 0 Å².